The highest BCUT2D eigenvalue weighted by Gasteiger charge is 2.22. The molecule has 0 amide bonds. The molecule has 0 saturated carbocycles. The summed E-state index contributed by atoms with van der Waals surface area (Å²) in [5, 5.41) is 18.4. The number of fused-ring (bicyclic) bond motifs is 1. The number of rotatable bonds is 3. The number of hydrogen-bond acceptors (Lipinski definition) is 4. The fourth-order valence-electron chi connectivity index (χ4n) is 2.21. The SMILES string of the molecule is NC1Cc2ccccc2N(CC(O)CO)C1. The van der Waals surface area contributed by atoms with E-state index >= 15 is 0 Å². The molecule has 4 N–H and O–H groups in total. The summed E-state index contributed by atoms with van der Waals surface area (Å²) in [6.07, 6.45) is 0.167. The first-order valence-corrected chi connectivity index (χ1v) is 5.58. The molecule has 2 rings (SSSR count). The van der Waals surface area contributed by atoms with Gasteiger partial charge in [0.2, 0.25) is 0 Å². The zero-order valence-electron chi connectivity index (χ0n) is 9.21. The van der Waals surface area contributed by atoms with Crippen molar-refractivity contribution in [1.82, 2.24) is 0 Å². The molecule has 2 atom stereocenters. The summed E-state index contributed by atoms with van der Waals surface area (Å²) in [5.41, 5.74) is 8.31. The van der Waals surface area contributed by atoms with Gasteiger partial charge in [-0.05, 0) is 18.1 Å². The standard InChI is InChI=1S/C12H18N2O2/c13-10-5-9-3-1-2-4-12(9)14(6-10)7-11(16)8-15/h1-4,10-11,15-16H,5-8,13H2. The average Bonchev–Trinajstić information content (AvgIpc) is 2.28. The Labute approximate surface area is 95.3 Å². The van der Waals surface area contributed by atoms with Crippen molar-refractivity contribution >= 4 is 5.69 Å². The van der Waals surface area contributed by atoms with Gasteiger partial charge in [-0.25, -0.2) is 0 Å². The maximum atomic E-state index is 9.49. The van der Waals surface area contributed by atoms with Crippen LogP contribution in [0.3, 0.4) is 0 Å². The summed E-state index contributed by atoms with van der Waals surface area (Å²) < 4.78 is 0. The number of para-hydroxylation sites is 1. The summed E-state index contributed by atoms with van der Waals surface area (Å²) in [6, 6.07) is 8.17. The van der Waals surface area contributed by atoms with Crippen LogP contribution in [-0.4, -0.2) is 42.1 Å². The van der Waals surface area contributed by atoms with Crippen molar-refractivity contribution in [3.8, 4) is 0 Å². The Morgan fingerprint density at radius 1 is 1.44 bits per heavy atom. The highest BCUT2D eigenvalue weighted by atomic mass is 16.3. The van der Waals surface area contributed by atoms with Crippen LogP contribution in [0.15, 0.2) is 24.3 Å². The Morgan fingerprint density at radius 2 is 2.19 bits per heavy atom. The van der Waals surface area contributed by atoms with Crippen LogP contribution >= 0.6 is 0 Å². The summed E-state index contributed by atoms with van der Waals surface area (Å²) in [5.74, 6) is 0. The molecule has 4 nitrogen and oxygen atoms in total. The minimum Gasteiger partial charge on any atom is -0.394 e. The summed E-state index contributed by atoms with van der Waals surface area (Å²) >= 11 is 0. The summed E-state index contributed by atoms with van der Waals surface area (Å²) in [7, 11) is 0. The van der Waals surface area contributed by atoms with Gasteiger partial charge >= 0.3 is 0 Å². The molecule has 1 aromatic rings. The van der Waals surface area contributed by atoms with E-state index in [1.165, 1.54) is 5.56 Å². The van der Waals surface area contributed by atoms with E-state index < -0.39 is 6.10 Å². The molecule has 4 heteroatoms. The zero-order valence-corrected chi connectivity index (χ0v) is 9.21. The monoisotopic (exact) mass is 222 g/mol. The van der Waals surface area contributed by atoms with E-state index in [4.69, 9.17) is 10.8 Å². The molecule has 0 fully saturated rings. The topological polar surface area (TPSA) is 69.7 Å². The van der Waals surface area contributed by atoms with Crippen molar-refractivity contribution in [2.75, 3.05) is 24.6 Å². The van der Waals surface area contributed by atoms with Crippen molar-refractivity contribution in [1.29, 1.82) is 0 Å². The van der Waals surface area contributed by atoms with E-state index in [2.05, 4.69) is 6.07 Å². The highest BCUT2D eigenvalue weighted by molar-refractivity contribution is 5.56. The molecule has 2 unspecified atom stereocenters. The van der Waals surface area contributed by atoms with Gasteiger partial charge in [0.05, 0.1) is 12.7 Å². The van der Waals surface area contributed by atoms with Gasteiger partial charge < -0.3 is 20.8 Å². The van der Waals surface area contributed by atoms with E-state index in [-0.39, 0.29) is 12.6 Å². The third kappa shape index (κ3) is 2.35. The first kappa shape index (κ1) is 11.4. The van der Waals surface area contributed by atoms with Gasteiger partial charge in [-0.3, -0.25) is 0 Å². The van der Waals surface area contributed by atoms with Gasteiger partial charge in [0, 0.05) is 24.8 Å². The smallest absolute Gasteiger partial charge is 0.0945 e. The largest absolute Gasteiger partial charge is 0.394 e. The molecule has 16 heavy (non-hydrogen) atoms. The molecular weight excluding hydrogens is 204 g/mol. The van der Waals surface area contributed by atoms with Gasteiger partial charge in [-0.15, -0.1) is 0 Å². The second kappa shape index (κ2) is 4.82. The predicted molar refractivity (Wildman–Crippen MR) is 63.4 cm³/mol. The lowest BCUT2D eigenvalue weighted by molar-refractivity contribution is 0.0994. The number of aliphatic hydroxyl groups excluding tert-OH is 2. The Morgan fingerprint density at radius 3 is 2.94 bits per heavy atom. The van der Waals surface area contributed by atoms with Crippen molar-refractivity contribution in [2.24, 2.45) is 5.73 Å². The Hall–Kier alpha value is -1.10. The second-order valence-corrected chi connectivity index (χ2v) is 4.33. The van der Waals surface area contributed by atoms with E-state index in [9.17, 15) is 5.11 Å². The molecule has 0 aliphatic carbocycles. The van der Waals surface area contributed by atoms with Crippen molar-refractivity contribution in [2.45, 2.75) is 18.6 Å². The highest BCUT2D eigenvalue weighted by Crippen LogP contribution is 2.26. The number of nitrogens with two attached hydrogens (primary N) is 1. The number of anilines is 1. The number of nitrogens with zero attached hydrogens (tertiary/aromatic N) is 1. The number of aliphatic hydroxyl groups is 2. The zero-order chi connectivity index (χ0) is 11.5. The van der Waals surface area contributed by atoms with Crippen LogP contribution in [0.4, 0.5) is 5.69 Å². The molecule has 0 aromatic heterocycles. The van der Waals surface area contributed by atoms with Crippen LogP contribution in [0, 0.1) is 0 Å². The molecule has 0 spiro atoms. The minimum atomic E-state index is -0.710. The third-order valence-electron chi connectivity index (χ3n) is 2.91. The van der Waals surface area contributed by atoms with Crippen LogP contribution in [0.5, 0.6) is 0 Å². The van der Waals surface area contributed by atoms with Crippen molar-refractivity contribution in [3.05, 3.63) is 29.8 Å². The maximum Gasteiger partial charge on any atom is 0.0945 e. The van der Waals surface area contributed by atoms with E-state index in [1.54, 1.807) is 0 Å². The predicted octanol–water partition coefficient (Wildman–Crippen LogP) is -0.270. The molecular formula is C12H18N2O2. The Kier molecular flexibility index (Phi) is 3.43. The quantitative estimate of drug-likeness (QED) is 0.658. The lowest BCUT2D eigenvalue weighted by atomic mass is 9.98. The molecule has 1 heterocycles. The van der Waals surface area contributed by atoms with Crippen LogP contribution in [0.2, 0.25) is 0 Å². The fraction of sp³-hybridized carbons (Fsp3) is 0.500. The van der Waals surface area contributed by atoms with Gasteiger partial charge in [0.25, 0.3) is 0 Å². The first-order chi connectivity index (χ1) is 7.70. The Bertz CT molecular complexity index is 357. The summed E-state index contributed by atoms with van der Waals surface area (Å²) in [4.78, 5) is 2.05. The van der Waals surface area contributed by atoms with Crippen LogP contribution in [0.25, 0.3) is 0 Å². The van der Waals surface area contributed by atoms with E-state index in [1.807, 2.05) is 23.1 Å². The lowest BCUT2D eigenvalue weighted by Gasteiger charge is -2.35. The fourth-order valence-corrected chi connectivity index (χ4v) is 2.21. The van der Waals surface area contributed by atoms with Crippen LogP contribution < -0.4 is 10.6 Å². The Balaban J connectivity index is 2.20. The molecule has 1 aliphatic heterocycles. The van der Waals surface area contributed by atoms with Gasteiger partial charge in [0.15, 0.2) is 0 Å². The molecule has 0 radical (unpaired) electrons. The molecule has 0 bridgehead atoms. The van der Waals surface area contributed by atoms with Crippen molar-refractivity contribution < 1.29 is 10.2 Å². The van der Waals surface area contributed by atoms with Gasteiger partial charge in [-0.2, -0.15) is 0 Å². The maximum absolute atomic E-state index is 9.49. The van der Waals surface area contributed by atoms with E-state index in [0.29, 0.717) is 6.54 Å². The number of benzene rings is 1. The third-order valence-corrected chi connectivity index (χ3v) is 2.91. The van der Waals surface area contributed by atoms with Gasteiger partial charge in [-0.1, -0.05) is 18.2 Å². The average molecular weight is 222 g/mol. The molecule has 88 valence electrons. The first-order valence-electron chi connectivity index (χ1n) is 5.58. The molecule has 1 aromatic carbocycles. The number of hydrogen-bond donors (Lipinski definition) is 3. The van der Waals surface area contributed by atoms with Crippen molar-refractivity contribution in [3.63, 3.8) is 0 Å². The minimum absolute atomic E-state index is 0.0980. The lowest BCUT2D eigenvalue weighted by Crippen LogP contribution is -2.46. The molecule has 0 saturated heterocycles. The molecule has 1 aliphatic rings. The second-order valence-electron chi connectivity index (χ2n) is 4.33. The summed E-state index contributed by atoms with van der Waals surface area (Å²) in [6.45, 7) is 0.948. The normalized spacial score (nSPS) is 21.7. The number of β-amino-alcohol motifs (C(OH)–C–C–N with tert-alkyl or cyclic N) is 1. The van der Waals surface area contributed by atoms with Crippen LogP contribution in [-0.2, 0) is 6.42 Å². The van der Waals surface area contributed by atoms with Gasteiger partial charge in [0.1, 0.15) is 0 Å². The van der Waals surface area contributed by atoms with Crippen LogP contribution in [0.1, 0.15) is 5.56 Å². The van der Waals surface area contributed by atoms with E-state index in [0.717, 1.165) is 18.7 Å².